The molecule has 1 aromatic rings. The van der Waals surface area contributed by atoms with Crippen LogP contribution in [0.2, 0.25) is 5.02 Å². The molecule has 0 aliphatic carbocycles. The maximum absolute atomic E-state index is 11.3. The lowest BCUT2D eigenvalue weighted by molar-refractivity contribution is -0.123. The van der Waals surface area contributed by atoms with E-state index in [0.29, 0.717) is 21.8 Å². The van der Waals surface area contributed by atoms with E-state index < -0.39 is 0 Å². The van der Waals surface area contributed by atoms with Gasteiger partial charge in [0.05, 0.1) is 17.0 Å². The van der Waals surface area contributed by atoms with E-state index >= 15 is 0 Å². The third-order valence-electron chi connectivity index (χ3n) is 1.81. The number of ether oxygens (including phenoxy) is 1. The molecule has 1 rings (SSSR count). The molecule has 0 atom stereocenters. The molecule has 0 bridgehead atoms. The first-order valence-electron chi connectivity index (χ1n) is 4.85. The van der Waals surface area contributed by atoms with E-state index in [0.717, 1.165) is 0 Å². The molecule has 1 N–H and O–H groups in total. The third kappa shape index (κ3) is 5.07. The van der Waals surface area contributed by atoms with Gasteiger partial charge in [-0.25, -0.2) is 0 Å². The molecular formula is C11H10BrClN2O2. The van der Waals surface area contributed by atoms with E-state index in [4.69, 9.17) is 21.6 Å². The molecule has 0 unspecified atom stereocenters. The molecule has 0 saturated carbocycles. The Bertz CT molecular complexity index is 446. The topological polar surface area (TPSA) is 62.1 Å². The summed E-state index contributed by atoms with van der Waals surface area (Å²) in [5, 5.41) is 11.4. The number of rotatable bonds is 5. The van der Waals surface area contributed by atoms with E-state index in [9.17, 15) is 4.79 Å². The lowest BCUT2D eigenvalue weighted by Gasteiger charge is -2.08. The van der Waals surface area contributed by atoms with Crippen LogP contribution in [-0.2, 0) is 4.79 Å². The highest BCUT2D eigenvalue weighted by Crippen LogP contribution is 2.27. The number of hydrogen-bond donors (Lipinski definition) is 1. The molecule has 0 heterocycles. The first-order valence-corrected chi connectivity index (χ1v) is 6.02. The number of nitrogens with zero attached hydrogens (tertiary/aromatic N) is 1. The second-order valence-electron chi connectivity index (χ2n) is 3.12. The number of carbonyl (C=O) groups is 1. The minimum atomic E-state index is -0.262. The zero-order valence-corrected chi connectivity index (χ0v) is 11.2. The molecule has 0 saturated heterocycles. The van der Waals surface area contributed by atoms with Crippen molar-refractivity contribution in [3.63, 3.8) is 0 Å². The molecule has 1 aromatic carbocycles. The third-order valence-corrected chi connectivity index (χ3v) is 2.67. The monoisotopic (exact) mass is 316 g/mol. The SMILES string of the molecule is N#CCCNC(=O)COc1ccc(Cl)cc1Br. The number of halogens is 2. The van der Waals surface area contributed by atoms with Gasteiger partial charge in [-0.05, 0) is 34.1 Å². The van der Waals surface area contributed by atoms with Crippen LogP contribution in [0, 0.1) is 11.3 Å². The van der Waals surface area contributed by atoms with Gasteiger partial charge < -0.3 is 10.1 Å². The lowest BCUT2D eigenvalue weighted by Crippen LogP contribution is -2.29. The molecule has 0 spiro atoms. The molecule has 0 fully saturated rings. The van der Waals surface area contributed by atoms with E-state index in [-0.39, 0.29) is 18.9 Å². The summed E-state index contributed by atoms with van der Waals surface area (Å²) in [7, 11) is 0. The van der Waals surface area contributed by atoms with Gasteiger partial charge in [0.2, 0.25) is 0 Å². The fourth-order valence-corrected chi connectivity index (χ4v) is 1.84. The summed E-state index contributed by atoms with van der Waals surface area (Å²) in [4.78, 5) is 11.3. The Morgan fingerprint density at radius 1 is 1.59 bits per heavy atom. The summed E-state index contributed by atoms with van der Waals surface area (Å²) < 4.78 is 5.97. The van der Waals surface area contributed by atoms with Crippen molar-refractivity contribution in [3.05, 3.63) is 27.7 Å². The first-order chi connectivity index (χ1) is 8.13. The minimum Gasteiger partial charge on any atom is -0.483 e. The predicted molar refractivity (Wildman–Crippen MR) is 67.9 cm³/mol. The van der Waals surface area contributed by atoms with Gasteiger partial charge in [-0.1, -0.05) is 11.6 Å². The number of nitrogens with one attached hydrogen (secondary N) is 1. The number of carbonyl (C=O) groups excluding carboxylic acids is 1. The van der Waals surface area contributed by atoms with Gasteiger partial charge in [-0.15, -0.1) is 0 Å². The maximum Gasteiger partial charge on any atom is 0.257 e. The normalized spacial score (nSPS) is 9.47. The van der Waals surface area contributed by atoms with Crippen LogP contribution in [0.1, 0.15) is 6.42 Å². The first kappa shape index (κ1) is 13.8. The van der Waals surface area contributed by atoms with Crippen molar-refractivity contribution >= 4 is 33.4 Å². The van der Waals surface area contributed by atoms with Crippen LogP contribution >= 0.6 is 27.5 Å². The maximum atomic E-state index is 11.3. The van der Waals surface area contributed by atoms with E-state index in [1.54, 1.807) is 18.2 Å². The van der Waals surface area contributed by atoms with Gasteiger partial charge in [-0.3, -0.25) is 4.79 Å². The molecule has 0 aliphatic rings. The zero-order valence-electron chi connectivity index (χ0n) is 8.87. The van der Waals surface area contributed by atoms with Gasteiger partial charge in [0, 0.05) is 11.6 Å². The van der Waals surface area contributed by atoms with Gasteiger partial charge in [0.25, 0.3) is 5.91 Å². The molecular weight excluding hydrogens is 307 g/mol. The van der Waals surface area contributed by atoms with Gasteiger partial charge >= 0.3 is 0 Å². The standard InChI is InChI=1S/C11H10BrClN2O2/c12-9-6-8(13)2-3-10(9)17-7-11(16)15-5-1-4-14/h2-3,6H,1,5,7H2,(H,15,16). The van der Waals surface area contributed by atoms with Crippen LogP contribution in [-0.4, -0.2) is 19.1 Å². The van der Waals surface area contributed by atoms with Crippen LogP contribution in [0.5, 0.6) is 5.75 Å². The van der Waals surface area contributed by atoms with Crippen molar-refractivity contribution in [1.82, 2.24) is 5.32 Å². The van der Waals surface area contributed by atoms with Crippen molar-refractivity contribution in [1.29, 1.82) is 5.26 Å². The summed E-state index contributed by atoms with van der Waals surface area (Å²) in [6.07, 6.45) is 0.288. The molecule has 4 nitrogen and oxygen atoms in total. The number of nitriles is 1. The highest BCUT2D eigenvalue weighted by Gasteiger charge is 2.05. The highest BCUT2D eigenvalue weighted by atomic mass is 79.9. The minimum absolute atomic E-state index is 0.0916. The van der Waals surface area contributed by atoms with Gasteiger partial charge in [0.15, 0.2) is 6.61 Å². The molecule has 0 aliphatic heterocycles. The molecule has 0 aromatic heterocycles. The second-order valence-corrected chi connectivity index (χ2v) is 4.41. The fraction of sp³-hybridized carbons (Fsp3) is 0.273. The summed E-state index contributed by atoms with van der Waals surface area (Å²) >= 11 is 9.05. The lowest BCUT2D eigenvalue weighted by atomic mass is 10.3. The molecule has 0 radical (unpaired) electrons. The summed E-state index contributed by atoms with van der Waals surface area (Å²) in [5.41, 5.74) is 0. The smallest absolute Gasteiger partial charge is 0.257 e. The number of hydrogen-bond acceptors (Lipinski definition) is 3. The van der Waals surface area contributed by atoms with Crippen molar-refractivity contribution in [2.45, 2.75) is 6.42 Å². The van der Waals surface area contributed by atoms with Crippen molar-refractivity contribution in [2.75, 3.05) is 13.2 Å². The van der Waals surface area contributed by atoms with E-state index in [1.807, 2.05) is 6.07 Å². The Labute approximate surface area is 113 Å². The van der Waals surface area contributed by atoms with Crippen molar-refractivity contribution < 1.29 is 9.53 Å². The number of amides is 1. The summed E-state index contributed by atoms with van der Waals surface area (Å²) in [6, 6.07) is 6.97. The molecule has 17 heavy (non-hydrogen) atoms. The van der Waals surface area contributed by atoms with Crippen LogP contribution in [0.25, 0.3) is 0 Å². The van der Waals surface area contributed by atoms with Crippen LogP contribution in [0.4, 0.5) is 0 Å². The molecule has 1 amide bonds. The second kappa shape index (κ2) is 7.15. The Balaban J connectivity index is 2.40. The molecule has 6 heteroatoms. The largest absolute Gasteiger partial charge is 0.483 e. The Kier molecular flexibility index (Phi) is 5.81. The van der Waals surface area contributed by atoms with E-state index in [1.165, 1.54) is 0 Å². The number of benzene rings is 1. The Morgan fingerprint density at radius 2 is 2.35 bits per heavy atom. The van der Waals surface area contributed by atoms with Crippen molar-refractivity contribution in [2.24, 2.45) is 0 Å². The van der Waals surface area contributed by atoms with Crippen LogP contribution in [0.3, 0.4) is 0 Å². The Hall–Kier alpha value is -1.25. The quantitative estimate of drug-likeness (QED) is 0.849. The summed E-state index contributed by atoms with van der Waals surface area (Å²) in [5.74, 6) is 0.284. The average molecular weight is 318 g/mol. The van der Waals surface area contributed by atoms with Gasteiger partial charge in [-0.2, -0.15) is 5.26 Å². The van der Waals surface area contributed by atoms with Crippen molar-refractivity contribution in [3.8, 4) is 11.8 Å². The Morgan fingerprint density at radius 3 is 3.00 bits per heavy atom. The summed E-state index contributed by atoms with van der Waals surface area (Å²) in [6.45, 7) is 0.242. The van der Waals surface area contributed by atoms with Crippen LogP contribution in [0.15, 0.2) is 22.7 Å². The zero-order chi connectivity index (χ0) is 12.7. The molecule has 90 valence electrons. The predicted octanol–water partition coefficient (Wildman–Crippen LogP) is 2.51. The fourth-order valence-electron chi connectivity index (χ4n) is 1.04. The van der Waals surface area contributed by atoms with E-state index in [2.05, 4.69) is 21.2 Å². The van der Waals surface area contributed by atoms with Gasteiger partial charge in [0.1, 0.15) is 5.75 Å². The van der Waals surface area contributed by atoms with Crippen LogP contribution < -0.4 is 10.1 Å². The highest BCUT2D eigenvalue weighted by molar-refractivity contribution is 9.10. The average Bonchev–Trinajstić information content (AvgIpc) is 2.28.